The Balaban J connectivity index is 0.957. The normalized spacial score (nSPS) is 11.9. The van der Waals surface area contributed by atoms with Crippen LogP contribution in [-0.4, -0.2) is 15.0 Å². The molecule has 4 heterocycles. The molecule has 0 unspecified atom stereocenters. The Labute approximate surface area is 339 Å². The van der Waals surface area contributed by atoms with Crippen molar-refractivity contribution < 1.29 is 0 Å². The molecule has 0 aliphatic heterocycles. The summed E-state index contributed by atoms with van der Waals surface area (Å²) in [6, 6.07) is 63.1. The van der Waals surface area contributed by atoms with Crippen LogP contribution >= 0.6 is 34.0 Å². The largest absolute Gasteiger partial charge is 0.208 e. The zero-order valence-corrected chi connectivity index (χ0v) is 32.8. The Kier molecular flexibility index (Phi) is 7.45. The smallest absolute Gasteiger partial charge is 0.164 e. The number of fused-ring (bicyclic) bond motifs is 9. The second kappa shape index (κ2) is 13.0. The fourth-order valence-electron chi connectivity index (χ4n) is 8.23. The molecule has 266 valence electrons. The Morgan fingerprint density at radius 3 is 1.40 bits per heavy atom. The molecule has 8 aromatic carbocycles. The van der Waals surface area contributed by atoms with Gasteiger partial charge in [-0.05, 0) is 52.6 Å². The molecular weight excluding hydrogens is 751 g/mol. The number of hydrogen-bond donors (Lipinski definition) is 0. The lowest BCUT2D eigenvalue weighted by molar-refractivity contribution is 1.07. The zero-order valence-electron chi connectivity index (χ0n) is 30.3. The standard InChI is InChI=1S/C51H29N3S3/c1-3-11-30(12-4-1)49-52-50(31-13-5-2-6-14-31)54-51(53-49)34-23-26-40-39-24-21-32(27-45(39)56-46(40)29-34)35-16-10-20-43-47(35)41-18-9-17-36(48(41)57-43)33-22-25-38-37-15-7-8-19-42(37)55-44(38)28-33/h1-29H. The fraction of sp³-hybridized carbons (Fsp3) is 0. The van der Waals surface area contributed by atoms with E-state index in [1.807, 2.05) is 94.7 Å². The third-order valence-corrected chi connectivity index (χ3v) is 14.4. The summed E-state index contributed by atoms with van der Waals surface area (Å²) in [5.74, 6) is 2.00. The van der Waals surface area contributed by atoms with Gasteiger partial charge in [-0.1, -0.05) is 146 Å². The lowest BCUT2D eigenvalue weighted by atomic mass is 9.96. The van der Waals surface area contributed by atoms with Gasteiger partial charge in [-0.3, -0.25) is 0 Å². The number of nitrogens with zero attached hydrogens (tertiary/aromatic N) is 3. The minimum atomic E-state index is 0.667. The van der Waals surface area contributed by atoms with E-state index in [9.17, 15) is 0 Å². The number of aromatic nitrogens is 3. The Bertz CT molecular complexity index is 3470. The fourth-order valence-corrected chi connectivity index (χ4v) is 11.8. The van der Waals surface area contributed by atoms with Crippen molar-refractivity contribution in [2.24, 2.45) is 0 Å². The van der Waals surface area contributed by atoms with Crippen LogP contribution in [0.2, 0.25) is 0 Å². The van der Waals surface area contributed by atoms with Crippen molar-refractivity contribution in [2.45, 2.75) is 0 Å². The quantitative estimate of drug-likeness (QED) is 0.175. The van der Waals surface area contributed by atoms with Crippen molar-refractivity contribution in [3.05, 3.63) is 176 Å². The average molecular weight is 780 g/mol. The minimum Gasteiger partial charge on any atom is -0.208 e. The highest BCUT2D eigenvalue weighted by Crippen LogP contribution is 2.46. The first-order valence-electron chi connectivity index (χ1n) is 18.9. The molecule has 4 aromatic heterocycles. The summed E-state index contributed by atoms with van der Waals surface area (Å²) in [4.78, 5) is 14.9. The van der Waals surface area contributed by atoms with Crippen LogP contribution in [0.25, 0.3) is 117 Å². The Morgan fingerprint density at radius 2 is 0.737 bits per heavy atom. The van der Waals surface area contributed by atoms with Crippen LogP contribution in [0.4, 0.5) is 0 Å². The van der Waals surface area contributed by atoms with Crippen LogP contribution in [0, 0.1) is 0 Å². The van der Waals surface area contributed by atoms with E-state index in [1.54, 1.807) is 0 Å². The van der Waals surface area contributed by atoms with E-state index in [1.165, 1.54) is 82.8 Å². The van der Waals surface area contributed by atoms with Crippen LogP contribution in [0.15, 0.2) is 176 Å². The molecule has 6 heteroatoms. The maximum atomic E-state index is 4.99. The predicted octanol–water partition coefficient (Wildman–Crippen LogP) is 15.3. The summed E-state index contributed by atoms with van der Waals surface area (Å²) in [6.07, 6.45) is 0. The maximum absolute atomic E-state index is 4.99. The molecular formula is C51H29N3S3. The van der Waals surface area contributed by atoms with Gasteiger partial charge in [0.1, 0.15) is 0 Å². The Hall–Kier alpha value is -6.57. The average Bonchev–Trinajstić information content (AvgIpc) is 3.97. The monoisotopic (exact) mass is 779 g/mol. The van der Waals surface area contributed by atoms with Gasteiger partial charge < -0.3 is 0 Å². The third kappa shape index (κ3) is 5.41. The first kappa shape index (κ1) is 32.7. The van der Waals surface area contributed by atoms with Crippen LogP contribution in [0.3, 0.4) is 0 Å². The lowest BCUT2D eigenvalue weighted by Gasteiger charge is -2.08. The van der Waals surface area contributed by atoms with Crippen molar-refractivity contribution in [2.75, 3.05) is 0 Å². The van der Waals surface area contributed by atoms with Crippen molar-refractivity contribution in [1.82, 2.24) is 15.0 Å². The second-order valence-corrected chi connectivity index (χ2v) is 17.6. The van der Waals surface area contributed by atoms with E-state index in [0.29, 0.717) is 17.5 Å². The topological polar surface area (TPSA) is 38.7 Å². The molecule has 0 aliphatic carbocycles. The molecule has 0 amide bonds. The van der Waals surface area contributed by atoms with E-state index in [0.717, 1.165) is 16.7 Å². The van der Waals surface area contributed by atoms with E-state index >= 15 is 0 Å². The number of hydrogen-bond acceptors (Lipinski definition) is 6. The molecule has 0 radical (unpaired) electrons. The van der Waals surface area contributed by atoms with E-state index in [-0.39, 0.29) is 0 Å². The molecule has 0 aliphatic rings. The summed E-state index contributed by atoms with van der Waals surface area (Å²) in [5, 5.41) is 7.80. The summed E-state index contributed by atoms with van der Waals surface area (Å²) in [7, 11) is 0. The van der Waals surface area contributed by atoms with Crippen LogP contribution in [-0.2, 0) is 0 Å². The van der Waals surface area contributed by atoms with E-state index in [2.05, 4.69) is 115 Å². The van der Waals surface area contributed by atoms with Gasteiger partial charge in [0.2, 0.25) is 0 Å². The second-order valence-electron chi connectivity index (χ2n) is 14.3. The SMILES string of the molecule is c1ccc(-c2nc(-c3ccccc3)nc(-c3ccc4c(c3)sc3cc(-c5cccc6sc7c(-c8ccc9c(c8)sc8ccccc89)cccc7c56)ccc34)n2)cc1. The lowest BCUT2D eigenvalue weighted by Crippen LogP contribution is -1.99. The summed E-state index contributed by atoms with van der Waals surface area (Å²) in [6.45, 7) is 0. The number of rotatable bonds is 5. The van der Waals surface area contributed by atoms with Crippen LogP contribution in [0.1, 0.15) is 0 Å². The highest BCUT2D eigenvalue weighted by molar-refractivity contribution is 7.27. The molecule has 0 saturated carbocycles. The third-order valence-electron chi connectivity index (χ3n) is 11.0. The van der Waals surface area contributed by atoms with Crippen molar-refractivity contribution >= 4 is 94.5 Å². The highest BCUT2D eigenvalue weighted by Gasteiger charge is 2.18. The summed E-state index contributed by atoms with van der Waals surface area (Å²) < 4.78 is 7.78. The van der Waals surface area contributed by atoms with Crippen LogP contribution in [0.5, 0.6) is 0 Å². The molecule has 0 spiro atoms. The molecule has 57 heavy (non-hydrogen) atoms. The maximum Gasteiger partial charge on any atom is 0.164 e. The van der Waals surface area contributed by atoms with Crippen LogP contribution < -0.4 is 0 Å². The predicted molar refractivity (Wildman–Crippen MR) is 246 cm³/mol. The molecule has 0 saturated heterocycles. The van der Waals surface area contributed by atoms with Gasteiger partial charge in [0.15, 0.2) is 17.5 Å². The number of benzene rings is 8. The van der Waals surface area contributed by atoms with Crippen molar-refractivity contribution in [1.29, 1.82) is 0 Å². The molecule has 12 rings (SSSR count). The van der Waals surface area contributed by atoms with Gasteiger partial charge in [0.05, 0.1) is 0 Å². The van der Waals surface area contributed by atoms with Gasteiger partial charge >= 0.3 is 0 Å². The van der Waals surface area contributed by atoms with E-state index in [4.69, 9.17) is 15.0 Å². The van der Waals surface area contributed by atoms with E-state index < -0.39 is 0 Å². The highest BCUT2D eigenvalue weighted by atomic mass is 32.1. The summed E-state index contributed by atoms with van der Waals surface area (Å²) in [5.41, 5.74) is 7.96. The van der Waals surface area contributed by atoms with Crippen molar-refractivity contribution in [3.8, 4) is 56.4 Å². The minimum absolute atomic E-state index is 0.667. The molecule has 3 nitrogen and oxygen atoms in total. The van der Waals surface area contributed by atoms with Gasteiger partial charge in [-0.25, -0.2) is 15.0 Å². The first-order chi connectivity index (χ1) is 28.2. The number of thiophene rings is 3. The summed E-state index contributed by atoms with van der Waals surface area (Å²) >= 11 is 5.60. The van der Waals surface area contributed by atoms with Gasteiger partial charge in [-0.2, -0.15) is 0 Å². The first-order valence-corrected chi connectivity index (χ1v) is 21.4. The molecule has 12 aromatic rings. The van der Waals surface area contributed by atoms with Gasteiger partial charge in [-0.15, -0.1) is 34.0 Å². The molecule has 0 fully saturated rings. The molecule has 0 bridgehead atoms. The van der Waals surface area contributed by atoms with Gasteiger partial charge in [0.25, 0.3) is 0 Å². The Morgan fingerprint density at radius 1 is 0.281 bits per heavy atom. The molecule has 0 N–H and O–H groups in total. The zero-order chi connectivity index (χ0) is 37.5. The van der Waals surface area contributed by atoms with Crippen molar-refractivity contribution in [3.63, 3.8) is 0 Å². The van der Waals surface area contributed by atoms with Gasteiger partial charge in [0, 0.05) is 77.2 Å². The molecule has 0 atom stereocenters.